The van der Waals surface area contributed by atoms with Crippen molar-refractivity contribution in [2.24, 2.45) is 5.92 Å². The molecule has 2 atom stereocenters. The third-order valence-corrected chi connectivity index (χ3v) is 2.63. The van der Waals surface area contributed by atoms with E-state index in [0.717, 1.165) is 19.4 Å². The molecule has 2 unspecified atom stereocenters. The number of carbonyl (C=O) groups is 1. The third-order valence-electron chi connectivity index (χ3n) is 2.63. The van der Waals surface area contributed by atoms with Crippen LogP contribution in [0.3, 0.4) is 0 Å². The van der Waals surface area contributed by atoms with E-state index in [1.807, 2.05) is 6.92 Å². The number of esters is 1. The van der Waals surface area contributed by atoms with Gasteiger partial charge in [-0.1, -0.05) is 0 Å². The Morgan fingerprint density at radius 2 is 2.31 bits per heavy atom. The maximum absolute atomic E-state index is 11.3. The maximum Gasteiger partial charge on any atom is 0.310 e. The average Bonchev–Trinajstić information content (AvgIpc) is 2.30. The molecule has 0 N–H and O–H groups in total. The summed E-state index contributed by atoms with van der Waals surface area (Å²) in [6, 6.07) is 0. The molecule has 1 rings (SSSR count). The van der Waals surface area contributed by atoms with Crippen LogP contribution in [0.4, 0.5) is 0 Å². The highest BCUT2D eigenvalue weighted by Gasteiger charge is 2.17. The molecule has 0 spiro atoms. The molecular weight excluding hydrogens is 208 g/mol. The third kappa shape index (κ3) is 4.94. The van der Waals surface area contributed by atoms with Gasteiger partial charge in [0.05, 0.1) is 31.8 Å². The Labute approximate surface area is 97.2 Å². The second kappa shape index (κ2) is 7.63. The van der Waals surface area contributed by atoms with Crippen molar-refractivity contribution in [3.8, 4) is 0 Å². The summed E-state index contributed by atoms with van der Waals surface area (Å²) in [5, 5.41) is 0. The van der Waals surface area contributed by atoms with Gasteiger partial charge in [-0.25, -0.2) is 0 Å². The van der Waals surface area contributed by atoms with Crippen LogP contribution in [0.5, 0.6) is 0 Å². The average molecular weight is 230 g/mol. The Kier molecular flexibility index (Phi) is 6.42. The lowest BCUT2D eigenvalue weighted by Crippen LogP contribution is -2.27. The van der Waals surface area contributed by atoms with Gasteiger partial charge in [0.2, 0.25) is 0 Å². The van der Waals surface area contributed by atoms with Crippen molar-refractivity contribution in [1.29, 1.82) is 0 Å². The monoisotopic (exact) mass is 230 g/mol. The number of hydrogen-bond donors (Lipinski definition) is 0. The van der Waals surface area contributed by atoms with Gasteiger partial charge >= 0.3 is 5.97 Å². The molecule has 94 valence electrons. The highest BCUT2D eigenvalue weighted by atomic mass is 16.5. The van der Waals surface area contributed by atoms with Gasteiger partial charge in [-0.3, -0.25) is 4.79 Å². The fourth-order valence-corrected chi connectivity index (χ4v) is 1.67. The predicted molar refractivity (Wildman–Crippen MR) is 60.2 cm³/mol. The van der Waals surface area contributed by atoms with Crippen molar-refractivity contribution < 1.29 is 19.0 Å². The molecule has 0 bridgehead atoms. The number of carbonyl (C=O) groups excluding carboxylic acids is 1. The summed E-state index contributed by atoms with van der Waals surface area (Å²) in [4.78, 5) is 11.3. The Morgan fingerprint density at radius 1 is 1.50 bits per heavy atom. The van der Waals surface area contributed by atoms with Crippen LogP contribution in [-0.2, 0) is 19.0 Å². The van der Waals surface area contributed by atoms with Crippen LogP contribution in [0.2, 0.25) is 0 Å². The van der Waals surface area contributed by atoms with Gasteiger partial charge in [-0.2, -0.15) is 0 Å². The van der Waals surface area contributed by atoms with Crippen LogP contribution in [0, 0.1) is 5.92 Å². The van der Waals surface area contributed by atoms with E-state index in [9.17, 15) is 4.79 Å². The lowest BCUT2D eigenvalue weighted by atomic mass is 10.1. The minimum atomic E-state index is -0.191. The molecule has 1 aliphatic rings. The second-order valence-electron chi connectivity index (χ2n) is 4.18. The fourth-order valence-electron chi connectivity index (χ4n) is 1.67. The topological polar surface area (TPSA) is 44.8 Å². The van der Waals surface area contributed by atoms with Gasteiger partial charge in [0.25, 0.3) is 0 Å². The molecular formula is C12H22O4. The van der Waals surface area contributed by atoms with Crippen LogP contribution in [0.25, 0.3) is 0 Å². The Bertz CT molecular complexity index is 199. The van der Waals surface area contributed by atoms with Crippen molar-refractivity contribution in [3.63, 3.8) is 0 Å². The van der Waals surface area contributed by atoms with E-state index in [4.69, 9.17) is 14.2 Å². The molecule has 0 radical (unpaired) electrons. The van der Waals surface area contributed by atoms with E-state index in [0.29, 0.717) is 19.8 Å². The van der Waals surface area contributed by atoms with Crippen molar-refractivity contribution in [1.82, 2.24) is 0 Å². The molecule has 1 saturated heterocycles. The zero-order valence-electron chi connectivity index (χ0n) is 10.2. The van der Waals surface area contributed by atoms with Crippen LogP contribution in [-0.4, -0.2) is 38.5 Å². The molecule has 1 fully saturated rings. The highest BCUT2D eigenvalue weighted by Crippen LogP contribution is 2.13. The van der Waals surface area contributed by atoms with Gasteiger partial charge in [-0.15, -0.1) is 0 Å². The van der Waals surface area contributed by atoms with Crippen LogP contribution < -0.4 is 0 Å². The standard InChI is InChI=1S/C12H22O4/c1-3-15-12(13)10(2)8-14-9-11-6-4-5-7-16-11/h10-11H,3-9H2,1-2H3. The first-order chi connectivity index (χ1) is 7.74. The highest BCUT2D eigenvalue weighted by molar-refractivity contribution is 5.72. The maximum atomic E-state index is 11.3. The lowest BCUT2D eigenvalue weighted by Gasteiger charge is -2.22. The van der Waals surface area contributed by atoms with Crippen molar-refractivity contribution >= 4 is 5.97 Å². The number of ether oxygens (including phenoxy) is 3. The van der Waals surface area contributed by atoms with Crippen molar-refractivity contribution in [2.45, 2.75) is 39.2 Å². The number of hydrogen-bond acceptors (Lipinski definition) is 4. The Balaban J connectivity index is 2.07. The van der Waals surface area contributed by atoms with E-state index in [1.165, 1.54) is 6.42 Å². The first kappa shape index (κ1) is 13.5. The lowest BCUT2D eigenvalue weighted by molar-refractivity contribution is -0.150. The largest absolute Gasteiger partial charge is 0.466 e. The fraction of sp³-hybridized carbons (Fsp3) is 0.917. The van der Waals surface area contributed by atoms with Gasteiger partial charge in [0.1, 0.15) is 0 Å². The normalized spacial score (nSPS) is 22.8. The smallest absolute Gasteiger partial charge is 0.310 e. The van der Waals surface area contributed by atoms with Gasteiger partial charge in [-0.05, 0) is 33.1 Å². The number of rotatable bonds is 6. The molecule has 16 heavy (non-hydrogen) atoms. The summed E-state index contributed by atoms with van der Waals surface area (Å²) in [6.45, 7) is 5.89. The summed E-state index contributed by atoms with van der Waals surface area (Å²) in [6.07, 6.45) is 3.63. The van der Waals surface area contributed by atoms with E-state index >= 15 is 0 Å². The summed E-state index contributed by atoms with van der Waals surface area (Å²) >= 11 is 0. The molecule has 1 heterocycles. The van der Waals surface area contributed by atoms with Crippen LogP contribution in [0.1, 0.15) is 33.1 Å². The van der Waals surface area contributed by atoms with E-state index in [-0.39, 0.29) is 18.0 Å². The molecule has 0 aromatic heterocycles. The minimum absolute atomic E-state index is 0.188. The minimum Gasteiger partial charge on any atom is -0.466 e. The molecule has 0 aromatic carbocycles. The summed E-state index contributed by atoms with van der Waals surface area (Å²) in [5.41, 5.74) is 0. The van der Waals surface area contributed by atoms with E-state index in [1.54, 1.807) is 6.92 Å². The van der Waals surface area contributed by atoms with Gasteiger partial charge < -0.3 is 14.2 Å². The Hall–Kier alpha value is -0.610. The van der Waals surface area contributed by atoms with E-state index < -0.39 is 0 Å². The molecule has 1 aliphatic heterocycles. The molecule has 0 aromatic rings. The first-order valence-electron chi connectivity index (χ1n) is 6.10. The van der Waals surface area contributed by atoms with E-state index in [2.05, 4.69) is 0 Å². The quantitative estimate of drug-likeness (QED) is 0.652. The Morgan fingerprint density at radius 3 is 2.94 bits per heavy atom. The molecule has 0 saturated carbocycles. The van der Waals surface area contributed by atoms with Gasteiger partial charge in [0, 0.05) is 6.61 Å². The second-order valence-corrected chi connectivity index (χ2v) is 4.18. The summed E-state index contributed by atoms with van der Waals surface area (Å²) in [5.74, 6) is -0.379. The zero-order chi connectivity index (χ0) is 11.8. The van der Waals surface area contributed by atoms with Crippen molar-refractivity contribution in [2.75, 3.05) is 26.4 Å². The molecule has 4 nitrogen and oxygen atoms in total. The zero-order valence-corrected chi connectivity index (χ0v) is 10.2. The first-order valence-corrected chi connectivity index (χ1v) is 6.10. The summed E-state index contributed by atoms with van der Waals surface area (Å²) in [7, 11) is 0. The van der Waals surface area contributed by atoms with Gasteiger partial charge in [0.15, 0.2) is 0 Å². The predicted octanol–water partition coefficient (Wildman–Crippen LogP) is 1.77. The van der Waals surface area contributed by atoms with Crippen LogP contribution >= 0.6 is 0 Å². The molecule has 0 amide bonds. The molecule has 4 heteroatoms. The summed E-state index contributed by atoms with van der Waals surface area (Å²) < 4.78 is 15.9. The SMILES string of the molecule is CCOC(=O)C(C)COCC1CCCCO1. The molecule has 0 aliphatic carbocycles. The van der Waals surface area contributed by atoms with Crippen LogP contribution in [0.15, 0.2) is 0 Å². The van der Waals surface area contributed by atoms with Crippen molar-refractivity contribution in [3.05, 3.63) is 0 Å².